The van der Waals surface area contributed by atoms with E-state index in [1.165, 1.54) is 10.8 Å². The molecule has 4 heterocycles. The molecule has 0 atom stereocenters. The van der Waals surface area contributed by atoms with Crippen molar-refractivity contribution in [2.75, 3.05) is 0 Å². The first-order valence-corrected chi connectivity index (χ1v) is 12.1. The highest BCUT2D eigenvalue weighted by atomic mass is 15.1. The topological polar surface area (TPSA) is 56.5 Å². The van der Waals surface area contributed by atoms with Crippen molar-refractivity contribution in [2.24, 2.45) is 0 Å². The SMILES string of the molecule is c1ccc(-c2cc(-c3cnc(-n4c5ccccc5c5ccccc54)nc3)cc(-c3ccccn3)n2)cc1. The number of pyridine rings is 2. The molecule has 0 fully saturated rings. The van der Waals surface area contributed by atoms with Crippen LogP contribution in [0.25, 0.3) is 61.5 Å². The Hall–Kier alpha value is -5.16. The van der Waals surface area contributed by atoms with Gasteiger partial charge in [0.15, 0.2) is 0 Å². The molecule has 0 radical (unpaired) electrons. The summed E-state index contributed by atoms with van der Waals surface area (Å²) in [5.74, 6) is 0.642. The molecule has 174 valence electrons. The van der Waals surface area contributed by atoms with Gasteiger partial charge < -0.3 is 0 Å². The molecule has 0 spiro atoms. The van der Waals surface area contributed by atoms with E-state index in [-0.39, 0.29) is 0 Å². The third-order valence-corrected chi connectivity index (χ3v) is 6.57. The van der Waals surface area contributed by atoms with E-state index in [1.54, 1.807) is 6.20 Å². The zero-order chi connectivity index (χ0) is 24.6. The number of hydrogen-bond donors (Lipinski definition) is 0. The summed E-state index contributed by atoms with van der Waals surface area (Å²) in [4.78, 5) is 19.1. The summed E-state index contributed by atoms with van der Waals surface area (Å²) in [6.45, 7) is 0. The Kier molecular flexibility index (Phi) is 5.03. The van der Waals surface area contributed by atoms with Crippen molar-refractivity contribution in [3.63, 3.8) is 0 Å². The average Bonchev–Trinajstić information content (AvgIpc) is 3.32. The molecule has 0 aliphatic rings. The molecule has 37 heavy (non-hydrogen) atoms. The molecule has 0 aliphatic heterocycles. The van der Waals surface area contributed by atoms with Crippen LogP contribution in [0, 0.1) is 0 Å². The maximum absolute atomic E-state index is 4.92. The zero-order valence-corrected chi connectivity index (χ0v) is 19.9. The van der Waals surface area contributed by atoms with E-state index in [9.17, 15) is 0 Å². The van der Waals surface area contributed by atoms with Crippen LogP contribution < -0.4 is 0 Å². The highest BCUT2D eigenvalue weighted by Gasteiger charge is 2.14. The molecule has 5 heteroatoms. The molecular formula is C32H21N5. The predicted octanol–water partition coefficient (Wildman–Crippen LogP) is 7.36. The van der Waals surface area contributed by atoms with E-state index in [0.717, 1.165) is 44.8 Å². The molecule has 0 N–H and O–H groups in total. The zero-order valence-electron chi connectivity index (χ0n) is 19.9. The third kappa shape index (κ3) is 3.74. The average molecular weight is 476 g/mol. The molecule has 0 aliphatic carbocycles. The van der Waals surface area contributed by atoms with Gasteiger partial charge in [-0.05, 0) is 42.0 Å². The van der Waals surface area contributed by atoms with Crippen LogP contribution >= 0.6 is 0 Å². The van der Waals surface area contributed by atoms with Crippen molar-refractivity contribution in [1.82, 2.24) is 24.5 Å². The van der Waals surface area contributed by atoms with Crippen molar-refractivity contribution >= 4 is 21.8 Å². The number of hydrogen-bond acceptors (Lipinski definition) is 4. The van der Waals surface area contributed by atoms with Crippen molar-refractivity contribution < 1.29 is 0 Å². The number of nitrogens with zero attached hydrogens (tertiary/aromatic N) is 5. The molecule has 0 saturated carbocycles. The lowest BCUT2D eigenvalue weighted by molar-refractivity contribution is 0.990. The molecule has 0 unspecified atom stereocenters. The van der Waals surface area contributed by atoms with Crippen molar-refractivity contribution in [3.05, 3.63) is 128 Å². The first-order chi connectivity index (χ1) is 18.3. The van der Waals surface area contributed by atoms with E-state index in [1.807, 2.05) is 67.0 Å². The van der Waals surface area contributed by atoms with Gasteiger partial charge in [0.25, 0.3) is 0 Å². The standard InChI is InChI=1S/C32H21N5/c1-2-10-22(11-3-1)28-18-23(19-29(36-28)27-14-8-9-17-33-27)24-20-34-32(35-21-24)37-30-15-6-4-12-25(30)26-13-5-7-16-31(26)37/h1-21H. The summed E-state index contributed by atoms with van der Waals surface area (Å²) in [6.07, 6.45) is 5.56. The third-order valence-electron chi connectivity index (χ3n) is 6.57. The molecule has 0 saturated heterocycles. The largest absolute Gasteiger partial charge is 0.278 e. The minimum absolute atomic E-state index is 0.642. The monoisotopic (exact) mass is 475 g/mol. The molecule has 7 aromatic rings. The minimum Gasteiger partial charge on any atom is -0.278 e. The maximum atomic E-state index is 4.92. The van der Waals surface area contributed by atoms with Gasteiger partial charge in [-0.25, -0.2) is 15.0 Å². The van der Waals surface area contributed by atoms with Gasteiger partial charge in [0.05, 0.1) is 28.1 Å². The van der Waals surface area contributed by atoms with Crippen LogP contribution in [0.3, 0.4) is 0 Å². The van der Waals surface area contributed by atoms with Crippen LogP contribution in [0.2, 0.25) is 0 Å². The summed E-state index contributed by atoms with van der Waals surface area (Å²) in [5.41, 5.74) is 7.64. The summed E-state index contributed by atoms with van der Waals surface area (Å²) >= 11 is 0. The minimum atomic E-state index is 0.642. The number of benzene rings is 3. The van der Waals surface area contributed by atoms with E-state index in [4.69, 9.17) is 15.0 Å². The lowest BCUT2D eigenvalue weighted by Gasteiger charge is -2.10. The van der Waals surface area contributed by atoms with Crippen LogP contribution in [-0.2, 0) is 0 Å². The normalized spacial score (nSPS) is 11.2. The Morgan fingerprint density at radius 1 is 0.459 bits per heavy atom. The van der Waals surface area contributed by atoms with Crippen molar-refractivity contribution in [2.45, 2.75) is 0 Å². The second-order valence-electron chi connectivity index (χ2n) is 8.85. The maximum Gasteiger partial charge on any atom is 0.234 e. The molecule has 4 aromatic heterocycles. The van der Waals surface area contributed by atoms with Gasteiger partial charge in [0.1, 0.15) is 0 Å². The van der Waals surface area contributed by atoms with Crippen LogP contribution in [0.1, 0.15) is 0 Å². The van der Waals surface area contributed by atoms with E-state index < -0.39 is 0 Å². The summed E-state index contributed by atoms with van der Waals surface area (Å²) in [5, 5.41) is 2.37. The Bertz CT molecular complexity index is 1750. The van der Waals surface area contributed by atoms with Crippen molar-refractivity contribution in [3.8, 4) is 39.7 Å². The number of aromatic nitrogens is 5. The second-order valence-corrected chi connectivity index (χ2v) is 8.85. The van der Waals surface area contributed by atoms with Gasteiger partial charge >= 0.3 is 0 Å². The Morgan fingerprint density at radius 3 is 1.76 bits per heavy atom. The second kappa shape index (κ2) is 8.81. The number of para-hydroxylation sites is 2. The molecule has 5 nitrogen and oxygen atoms in total. The highest BCUT2D eigenvalue weighted by molar-refractivity contribution is 6.08. The van der Waals surface area contributed by atoms with Gasteiger partial charge in [-0.1, -0.05) is 72.8 Å². The summed E-state index contributed by atoms with van der Waals surface area (Å²) < 4.78 is 2.12. The van der Waals surface area contributed by atoms with Gasteiger partial charge in [-0.15, -0.1) is 0 Å². The Morgan fingerprint density at radius 2 is 1.08 bits per heavy atom. The van der Waals surface area contributed by atoms with Gasteiger partial charge in [0, 0.05) is 40.5 Å². The van der Waals surface area contributed by atoms with Crippen LogP contribution in [0.4, 0.5) is 0 Å². The summed E-state index contributed by atoms with van der Waals surface area (Å²) in [6, 6.07) is 36.9. The molecule has 7 rings (SSSR count). The smallest absolute Gasteiger partial charge is 0.234 e. The van der Waals surface area contributed by atoms with E-state index >= 15 is 0 Å². The fourth-order valence-corrected chi connectivity index (χ4v) is 4.82. The number of rotatable bonds is 4. The Balaban J connectivity index is 1.37. The van der Waals surface area contributed by atoms with E-state index in [0.29, 0.717) is 5.95 Å². The van der Waals surface area contributed by atoms with E-state index in [2.05, 4.69) is 64.1 Å². The molecule has 0 amide bonds. The fourth-order valence-electron chi connectivity index (χ4n) is 4.82. The molecule has 0 bridgehead atoms. The fraction of sp³-hybridized carbons (Fsp3) is 0. The molecule has 3 aromatic carbocycles. The van der Waals surface area contributed by atoms with Crippen LogP contribution in [-0.4, -0.2) is 24.5 Å². The van der Waals surface area contributed by atoms with Crippen LogP contribution in [0.15, 0.2) is 128 Å². The van der Waals surface area contributed by atoms with Gasteiger partial charge in [-0.2, -0.15) is 0 Å². The summed E-state index contributed by atoms with van der Waals surface area (Å²) in [7, 11) is 0. The molecular weight excluding hydrogens is 454 g/mol. The van der Waals surface area contributed by atoms with Gasteiger partial charge in [-0.3, -0.25) is 9.55 Å². The Labute approximate surface area is 213 Å². The predicted molar refractivity (Wildman–Crippen MR) is 148 cm³/mol. The highest BCUT2D eigenvalue weighted by Crippen LogP contribution is 2.32. The lowest BCUT2D eigenvalue weighted by Crippen LogP contribution is -2.01. The lowest BCUT2D eigenvalue weighted by atomic mass is 10.0. The quantitative estimate of drug-likeness (QED) is 0.267. The first kappa shape index (κ1) is 21.1. The number of fused-ring (bicyclic) bond motifs is 3. The van der Waals surface area contributed by atoms with Crippen molar-refractivity contribution in [1.29, 1.82) is 0 Å². The van der Waals surface area contributed by atoms with Gasteiger partial charge in [0.2, 0.25) is 5.95 Å². The first-order valence-electron chi connectivity index (χ1n) is 12.1. The van der Waals surface area contributed by atoms with Crippen LogP contribution in [0.5, 0.6) is 0 Å².